The Labute approximate surface area is 177 Å². The number of benzene rings is 2. The Morgan fingerprint density at radius 3 is 2.53 bits per heavy atom. The van der Waals surface area contributed by atoms with Crippen LogP contribution in [0, 0.1) is 0 Å². The van der Waals surface area contributed by atoms with E-state index in [0.29, 0.717) is 33.4 Å². The smallest absolute Gasteiger partial charge is 0.308 e. The molecule has 1 unspecified atom stereocenters. The topological polar surface area (TPSA) is 94.5 Å². The number of para-hydroxylation sites is 2. The summed E-state index contributed by atoms with van der Waals surface area (Å²) in [4.78, 5) is 30.4. The first kappa shape index (κ1) is 19.8. The number of rotatable bonds is 3. The highest BCUT2D eigenvalue weighted by atomic mass is 32.2. The highest BCUT2D eigenvalue weighted by Crippen LogP contribution is 2.44. The van der Waals surface area contributed by atoms with Crippen molar-refractivity contribution in [2.75, 3.05) is 11.2 Å². The van der Waals surface area contributed by atoms with Crippen LogP contribution >= 0.6 is 11.8 Å². The lowest BCUT2D eigenvalue weighted by Crippen LogP contribution is -2.36. The third-order valence-electron chi connectivity index (χ3n) is 4.47. The van der Waals surface area contributed by atoms with Gasteiger partial charge in [0.1, 0.15) is 5.75 Å². The summed E-state index contributed by atoms with van der Waals surface area (Å²) in [6.07, 6.45) is 0.913. The van der Waals surface area contributed by atoms with Crippen molar-refractivity contribution in [2.45, 2.75) is 25.2 Å². The molecule has 0 aliphatic carbocycles. The lowest BCUT2D eigenvalue weighted by Gasteiger charge is -2.30. The summed E-state index contributed by atoms with van der Waals surface area (Å²) < 4.78 is 11.6. The summed E-state index contributed by atoms with van der Waals surface area (Å²) in [7, 11) is 0. The van der Waals surface area contributed by atoms with Crippen molar-refractivity contribution in [3.63, 3.8) is 0 Å². The standard InChI is InChI=1S/C21H18N4O4S/c1-12(26)25-16-10-6-4-8-14(16)18-19(22-21(30-3)24-23-18)29-20(25)15-9-5-7-11-17(15)28-13(2)27/h4-11,20H,1-3H3. The Morgan fingerprint density at radius 2 is 1.80 bits per heavy atom. The molecule has 1 aliphatic rings. The van der Waals surface area contributed by atoms with Gasteiger partial charge in [-0.05, 0) is 24.5 Å². The molecule has 1 amide bonds. The van der Waals surface area contributed by atoms with E-state index in [1.54, 1.807) is 30.3 Å². The SMILES string of the molecule is CSc1nnc2c(n1)OC(c1ccccc1OC(C)=O)N(C(C)=O)c1ccccc1-2. The molecule has 3 aromatic rings. The average molecular weight is 422 g/mol. The molecule has 0 saturated heterocycles. The Morgan fingerprint density at radius 1 is 1.07 bits per heavy atom. The van der Waals surface area contributed by atoms with Crippen LogP contribution in [0.3, 0.4) is 0 Å². The van der Waals surface area contributed by atoms with Crippen LogP contribution in [-0.2, 0) is 9.59 Å². The summed E-state index contributed by atoms with van der Waals surface area (Å²) in [5.74, 6) is -0.182. The Bertz CT molecular complexity index is 1140. The number of aromatic nitrogens is 3. The van der Waals surface area contributed by atoms with Gasteiger partial charge in [0.05, 0.1) is 11.3 Å². The second kappa shape index (κ2) is 8.11. The number of hydrogen-bond acceptors (Lipinski definition) is 8. The van der Waals surface area contributed by atoms with Gasteiger partial charge in [-0.2, -0.15) is 4.98 Å². The molecule has 0 bridgehead atoms. The highest BCUT2D eigenvalue weighted by molar-refractivity contribution is 7.98. The molecule has 0 radical (unpaired) electrons. The predicted octanol–water partition coefficient (Wildman–Crippen LogP) is 3.63. The molecule has 0 N–H and O–H groups in total. The van der Waals surface area contributed by atoms with Gasteiger partial charge < -0.3 is 9.47 Å². The molecule has 1 atom stereocenters. The van der Waals surface area contributed by atoms with Crippen LogP contribution < -0.4 is 14.4 Å². The molecule has 30 heavy (non-hydrogen) atoms. The molecule has 0 fully saturated rings. The second-order valence-electron chi connectivity index (χ2n) is 6.46. The minimum absolute atomic E-state index is 0.244. The van der Waals surface area contributed by atoms with Gasteiger partial charge in [0, 0.05) is 19.4 Å². The van der Waals surface area contributed by atoms with E-state index < -0.39 is 12.2 Å². The first-order chi connectivity index (χ1) is 14.5. The summed E-state index contributed by atoms with van der Waals surface area (Å²) in [5, 5.41) is 8.87. The van der Waals surface area contributed by atoms with Gasteiger partial charge in [0.25, 0.3) is 0 Å². The van der Waals surface area contributed by atoms with Crippen molar-refractivity contribution in [2.24, 2.45) is 0 Å². The zero-order valence-corrected chi connectivity index (χ0v) is 17.3. The fourth-order valence-electron chi connectivity index (χ4n) is 3.27. The number of ether oxygens (including phenoxy) is 2. The van der Waals surface area contributed by atoms with Crippen molar-refractivity contribution in [1.29, 1.82) is 0 Å². The molecule has 0 spiro atoms. The van der Waals surface area contributed by atoms with Gasteiger partial charge in [-0.1, -0.05) is 42.1 Å². The van der Waals surface area contributed by atoms with Crippen LogP contribution in [0.2, 0.25) is 0 Å². The lowest BCUT2D eigenvalue weighted by molar-refractivity contribution is -0.132. The van der Waals surface area contributed by atoms with E-state index in [0.717, 1.165) is 0 Å². The zero-order chi connectivity index (χ0) is 21.3. The fourth-order valence-corrected chi connectivity index (χ4v) is 3.57. The molecule has 1 aliphatic heterocycles. The van der Waals surface area contributed by atoms with E-state index in [-0.39, 0.29) is 11.8 Å². The number of thioether (sulfide) groups is 1. The maximum Gasteiger partial charge on any atom is 0.308 e. The van der Waals surface area contributed by atoms with Gasteiger partial charge in [0.2, 0.25) is 23.2 Å². The van der Waals surface area contributed by atoms with Crippen LogP contribution in [0.15, 0.2) is 53.7 Å². The number of carbonyl (C=O) groups excluding carboxylic acids is 2. The Balaban J connectivity index is 1.97. The molecule has 1 aromatic heterocycles. The number of nitrogens with zero attached hydrogens (tertiary/aromatic N) is 4. The minimum atomic E-state index is -0.924. The fraction of sp³-hybridized carbons (Fsp3) is 0.190. The summed E-state index contributed by atoms with van der Waals surface area (Å²) >= 11 is 1.33. The van der Waals surface area contributed by atoms with Crippen molar-refractivity contribution < 1.29 is 19.1 Å². The molecule has 4 rings (SSSR count). The zero-order valence-electron chi connectivity index (χ0n) is 16.5. The monoisotopic (exact) mass is 422 g/mol. The van der Waals surface area contributed by atoms with Gasteiger partial charge in [-0.25, -0.2) is 0 Å². The quantitative estimate of drug-likeness (QED) is 0.359. The van der Waals surface area contributed by atoms with Crippen molar-refractivity contribution in [3.8, 4) is 22.9 Å². The van der Waals surface area contributed by atoms with Gasteiger partial charge in [0.15, 0.2) is 5.69 Å². The molecule has 9 heteroatoms. The van der Waals surface area contributed by atoms with E-state index in [2.05, 4.69) is 15.2 Å². The van der Waals surface area contributed by atoms with Crippen LogP contribution in [0.25, 0.3) is 11.3 Å². The predicted molar refractivity (Wildman–Crippen MR) is 111 cm³/mol. The third-order valence-corrected chi connectivity index (χ3v) is 5.01. The first-order valence-corrected chi connectivity index (χ1v) is 10.3. The number of fused-ring (bicyclic) bond motifs is 3. The summed E-state index contributed by atoms with van der Waals surface area (Å²) in [6, 6.07) is 14.2. The summed E-state index contributed by atoms with van der Waals surface area (Å²) in [6.45, 7) is 2.77. The first-order valence-electron chi connectivity index (χ1n) is 9.11. The molecule has 152 valence electrons. The second-order valence-corrected chi connectivity index (χ2v) is 7.23. The highest BCUT2D eigenvalue weighted by Gasteiger charge is 2.36. The Hall–Kier alpha value is -3.46. The van der Waals surface area contributed by atoms with E-state index in [1.807, 2.05) is 24.5 Å². The van der Waals surface area contributed by atoms with Crippen LogP contribution in [0.1, 0.15) is 25.6 Å². The van der Waals surface area contributed by atoms with Crippen LogP contribution in [0.5, 0.6) is 11.6 Å². The summed E-state index contributed by atoms with van der Waals surface area (Å²) in [5.41, 5.74) is 2.21. The number of anilines is 1. The molecule has 8 nitrogen and oxygen atoms in total. The van der Waals surface area contributed by atoms with E-state index >= 15 is 0 Å². The maximum absolute atomic E-state index is 12.8. The number of carbonyl (C=O) groups is 2. The van der Waals surface area contributed by atoms with E-state index in [9.17, 15) is 9.59 Å². The van der Waals surface area contributed by atoms with Crippen LogP contribution in [0.4, 0.5) is 5.69 Å². The molecule has 0 saturated carbocycles. The third kappa shape index (κ3) is 3.59. The Kier molecular flexibility index (Phi) is 5.37. The van der Waals surface area contributed by atoms with Crippen molar-refractivity contribution >= 4 is 29.3 Å². The van der Waals surface area contributed by atoms with Crippen molar-refractivity contribution in [3.05, 3.63) is 54.1 Å². The molecular weight excluding hydrogens is 404 g/mol. The normalized spacial score (nSPS) is 14.8. The van der Waals surface area contributed by atoms with E-state index in [1.165, 1.54) is 30.5 Å². The van der Waals surface area contributed by atoms with Gasteiger partial charge in [-0.15, -0.1) is 10.2 Å². The van der Waals surface area contributed by atoms with Gasteiger partial charge >= 0.3 is 5.97 Å². The minimum Gasteiger partial charge on any atom is -0.447 e. The number of amides is 1. The van der Waals surface area contributed by atoms with E-state index in [4.69, 9.17) is 9.47 Å². The molecule has 2 aromatic carbocycles. The number of esters is 1. The van der Waals surface area contributed by atoms with Crippen molar-refractivity contribution in [1.82, 2.24) is 15.2 Å². The largest absolute Gasteiger partial charge is 0.447 e. The maximum atomic E-state index is 12.8. The van der Waals surface area contributed by atoms with Gasteiger partial charge in [-0.3, -0.25) is 14.5 Å². The average Bonchev–Trinajstić information content (AvgIpc) is 2.87. The molecular formula is C21H18N4O4S. The molecule has 2 heterocycles. The lowest BCUT2D eigenvalue weighted by atomic mass is 10.1. The number of hydrogen-bond donors (Lipinski definition) is 0. The van der Waals surface area contributed by atoms with Crippen LogP contribution in [-0.4, -0.2) is 33.3 Å².